The molecule has 5 heteroatoms. The fourth-order valence-corrected chi connectivity index (χ4v) is 3.29. The number of ether oxygens (including phenoxy) is 2. The molecule has 0 aromatic carbocycles. The molecular formula is C16H30N2O3. The van der Waals surface area contributed by atoms with E-state index >= 15 is 0 Å². The number of nitrogens with one attached hydrogen (secondary N) is 1. The van der Waals surface area contributed by atoms with Gasteiger partial charge in [-0.15, -0.1) is 0 Å². The summed E-state index contributed by atoms with van der Waals surface area (Å²) in [5.41, 5.74) is -0.446. The molecule has 2 saturated heterocycles. The minimum absolute atomic E-state index is 0.136. The van der Waals surface area contributed by atoms with E-state index in [4.69, 9.17) is 9.47 Å². The van der Waals surface area contributed by atoms with E-state index in [0.717, 1.165) is 13.1 Å². The summed E-state index contributed by atoms with van der Waals surface area (Å²) in [5, 5.41) is 3.40. The molecule has 0 radical (unpaired) electrons. The standard InChI is InChI=1S/C16H30N2O3/c1-12(13-5-7-17-8-6-13)14-11-20-10-9-18(14)15(19)21-16(2,3)4/h12-14,17H,5-11H2,1-4H3. The van der Waals surface area contributed by atoms with Crippen LogP contribution in [0.25, 0.3) is 0 Å². The number of hydrogen-bond donors (Lipinski definition) is 1. The second-order valence-corrected chi connectivity index (χ2v) is 7.26. The Morgan fingerprint density at radius 2 is 2.00 bits per heavy atom. The number of nitrogens with zero attached hydrogens (tertiary/aromatic N) is 1. The molecule has 2 fully saturated rings. The molecule has 0 bridgehead atoms. The topological polar surface area (TPSA) is 50.8 Å². The zero-order valence-electron chi connectivity index (χ0n) is 13.9. The van der Waals surface area contributed by atoms with Crippen LogP contribution in [0.5, 0.6) is 0 Å². The van der Waals surface area contributed by atoms with Gasteiger partial charge in [0.2, 0.25) is 0 Å². The van der Waals surface area contributed by atoms with E-state index in [9.17, 15) is 4.79 Å². The number of hydrogen-bond acceptors (Lipinski definition) is 4. The first kappa shape index (κ1) is 16.6. The van der Waals surface area contributed by atoms with Gasteiger partial charge in [0.05, 0.1) is 19.3 Å². The minimum Gasteiger partial charge on any atom is -0.444 e. The van der Waals surface area contributed by atoms with Gasteiger partial charge in [-0.2, -0.15) is 0 Å². The molecule has 1 N–H and O–H groups in total. The lowest BCUT2D eigenvalue weighted by Crippen LogP contribution is -2.54. The molecular weight excluding hydrogens is 268 g/mol. The Bertz CT molecular complexity index is 348. The van der Waals surface area contributed by atoms with Gasteiger partial charge in [-0.25, -0.2) is 4.79 Å². The van der Waals surface area contributed by atoms with E-state index in [-0.39, 0.29) is 12.1 Å². The highest BCUT2D eigenvalue weighted by Crippen LogP contribution is 2.29. The van der Waals surface area contributed by atoms with Crippen molar-refractivity contribution in [2.45, 2.75) is 52.2 Å². The molecule has 5 nitrogen and oxygen atoms in total. The molecule has 1 amide bonds. The molecule has 2 unspecified atom stereocenters. The Balaban J connectivity index is 2.02. The number of piperidine rings is 1. The van der Waals surface area contributed by atoms with Crippen LogP contribution in [0.15, 0.2) is 0 Å². The third-order valence-corrected chi connectivity index (χ3v) is 4.53. The lowest BCUT2D eigenvalue weighted by Gasteiger charge is -2.42. The molecule has 0 aromatic rings. The number of carbonyl (C=O) groups is 1. The van der Waals surface area contributed by atoms with Crippen molar-refractivity contribution in [2.75, 3.05) is 32.8 Å². The second-order valence-electron chi connectivity index (χ2n) is 7.26. The first-order valence-electron chi connectivity index (χ1n) is 8.16. The zero-order chi connectivity index (χ0) is 15.5. The summed E-state index contributed by atoms with van der Waals surface area (Å²) in [5.74, 6) is 1.10. The molecule has 2 heterocycles. The maximum absolute atomic E-state index is 12.4. The Labute approximate surface area is 128 Å². The van der Waals surface area contributed by atoms with Gasteiger partial charge >= 0.3 is 6.09 Å². The van der Waals surface area contributed by atoms with Crippen LogP contribution in [-0.2, 0) is 9.47 Å². The van der Waals surface area contributed by atoms with Crippen molar-refractivity contribution in [1.82, 2.24) is 10.2 Å². The van der Waals surface area contributed by atoms with Gasteiger partial charge in [-0.05, 0) is 58.5 Å². The fraction of sp³-hybridized carbons (Fsp3) is 0.938. The van der Waals surface area contributed by atoms with Crippen LogP contribution in [0.2, 0.25) is 0 Å². The van der Waals surface area contributed by atoms with Gasteiger partial charge in [0.25, 0.3) is 0 Å². The van der Waals surface area contributed by atoms with E-state index < -0.39 is 5.60 Å². The molecule has 0 aliphatic carbocycles. The number of rotatable bonds is 2. The Morgan fingerprint density at radius 1 is 1.33 bits per heavy atom. The highest BCUT2D eigenvalue weighted by Gasteiger charge is 2.37. The molecule has 122 valence electrons. The molecule has 0 saturated carbocycles. The maximum Gasteiger partial charge on any atom is 0.410 e. The highest BCUT2D eigenvalue weighted by atomic mass is 16.6. The summed E-state index contributed by atoms with van der Waals surface area (Å²) >= 11 is 0. The lowest BCUT2D eigenvalue weighted by molar-refractivity contribution is -0.0530. The lowest BCUT2D eigenvalue weighted by atomic mass is 9.81. The van der Waals surface area contributed by atoms with Gasteiger partial charge in [0, 0.05) is 6.54 Å². The summed E-state index contributed by atoms with van der Waals surface area (Å²) in [6, 6.07) is 0.136. The molecule has 0 spiro atoms. The maximum atomic E-state index is 12.4. The van der Waals surface area contributed by atoms with E-state index in [1.54, 1.807) is 0 Å². The predicted octanol–water partition coefficient (Wildman–Crippen LogP) is 2.26. The van der Waals surface area contributed by atoms with Crippen LogP contribution in [0.1, 0.15) is 40.5 Å². The van der Waals surface area contributed by atoms with Gasteiger partial charge in [-0.1, -0.05) is 6.92 Å². The minimum atomic E-state index is -0.446. The van der Waals surface area contributed by atoms with Gasteiger partial charge in [-0.3, -0.25) is 0 Å². The normalized spacial score (nSPS) is 26.5. The van der Waals surface area contributed by atoms with E-state index in [1.807, 2.05) is 25.7 Å². The van der Waals surface area contributed by atoms with E-state index in [2.05, 4.69) is 12.2 Å². The van der Waals surface area contributed by atoms with Crippen molar-refractivity contribution < 1.29 is 14.3 Å². The zero-order valence-corrected chi connectivity index (χ0v) is 13.9. The highest BCUT2D eigenvalue weighted by molar-refractivity contribution is 5.68. The van der Waals surface area contributed by atoms with E-state index in [1.165, 1.54) is 12.8 Å². The smallest absolute Gasteiger partial charge is 0.410 e. The van der Waals surface area contributed by atoms with Crippen LogP contribution in [-0.4, -0.2) is 55.5 Å². The molecule has 2 aliphatic rings. The predicted molar refractivity (Wildman–Crippen MR) is 82.3 cm³/mol. The van der Waals surface area contributed by atoms with Crippen molar-refractivity contribution in [2.24, 2.45) is 11.8 Å². The SMILES string of the molecule is CC(C1CCNCC1)C1COCCN1C(=O)OC(C)(C)C. The summed E-state index contributed by atoms with van der Waals surface area (Å²) in [7, 11) is 0. The quantitative estimate of drug-likeness (QED) is 0.849. The third-order valence-electron chi connectivity index (χ3n) is 4.53. The Morgan fingerprint density at radius 3 is 2.62 bits per heavy atom. The Kier molecular flexibility index (Phi) is 5.49. The molecule has 2 atom stereocenters. The Hall–Kier alpha value is -0.810. The van der Waals surface area contributed by atoms with Crippen LogP contribution < -0.4 is 5.32 Å². The number of morpholine rings is 1. The van der Waals surface area contributed by atoms with Crippen LogP contribution >= 0.6 is 0 Å². The van der Waals surface area contributed by atoms with Crippen molar-refractivity contribution in [3.8, 4) is 0 Å². The van der Waals surface area contributed by atoms with Crippen molar-refractivity contribution in [3.63, 3.8) is 0 Å². The van der Waals surface area contributed by atoms with Crippen LogP contribution in [0.3, 0.4) is 0 Å². The third kappa shape index (κ3) is 4.58. The monoisotopic (exact) mass is 298 g/mol. The molecule has 0 aromatic heterocycles. The molecule has 2 rings (SSSR count). The number of amides is 1. The summed E-state index contributed by atoms with van der Waals surface area (Å²) < 4.78 is 11.2. The second kappa shape index (κ2) is 6.97. The number of carbonyl (C=O) groups excluding carboxylic acids is 1. The summed E-state index contributed by atoms with van der Waals surface area (Å²) in [6.45, 7) is 12.0. The summed E-state index contributed by atoms with van der Waals surface area (Å²) in [6.07, 6.45) is 2.16. The van der Waals surface area contributed by atoms with Crippen molar-refractivity contribution in [3.05, 3.63) is 0 Å². The fourth-order valence-electron chi connectivity index (χ4n) is 3.29. The first-order chi connectivity index (χ1) is 9.88. The first-order valence-corrected chi connectivity index (χ1v) is 8.16. The van der Waals surface area contributed by atoms with Crippen LogP contribution in [0.4, 0.5) is 4.79 Å². The van der Waals surface area contributed by atoms with Gasteiger partial charge < -0.3 is 19.7 Å². The van der Waals surface area contributed by atoms with Crippen molar-refractivity contribution in [1.29, 1.82) is 0 Å². The molecule has 2 aliphatic heterocycles. The van der Waals surface area contributed by atoms with Crippen molar-refractivity contribution >= 4 is 6.09 Å². The largest absolute Gasteiger partial charge is 0.444 e. The summed E-state index contributed by atoms with van der Waals surface area (Å²) in [4.78, 5) is 14.3. The van der Waals surface area contributed by atoms with Gasteiger partial charge in [0.1, 0.15) is 5.60 Å². The van der Waals surface area contributed by atoms with E-state index in [0.29, 0.717) is 31.6 Å². The average Bonchev–Trinajstić information content (AvgIpc) is 2.45. The average molecular weight is 298 g/mol. The van der Waals surface area contributed by atoms with Gasteiger partial charge in [0.15, 0.2) is 0 Å². The van der Waals surface area contributed by atoms with Crippen LogP contribution in [0, 0.1) is 11.8 Å². The molecule has 21 heavy (non-hydrogen) atoms.